The van der Waals surface area contributed by atoms with Gasteiger partial charge in [-0.25, -0.2) is 4.98 Å². The van der Waals surface area contributed by atoms with E-state index in [4.69, 9.17) is 9.72 Å². The third-order valence-electron chi connectivity index (χ3n) is 10.6. The molecule has 1 aromatic heterocycles. The molecule has 0 spiro atoms. The van der Waals surface area contributed by atoms with E-state index in [0.29, 0.717) is 6.61 Å². The van der Waals surface area contributed by atoms with Gasteiger partial charge in [0.25, 0.3) is 0 Å². The number of thiazole rings is 1. The lowest BCUT2D eigenvalue weighted by molar-refractivity contribution is 0.340. The molecule has 1 heterocycles. The van der Waals surface area contributed by atoms with E-state index in [1.807, 2.05) is 6.92 Å². The first-order valence-corrected chi connectivity index (χ1v) is 18.0. The topological polar surface area (TPSA) is 25.4 Å². The van der Waals surface area contributed by atoms with Crippen molar-refractivity contribution in [1.82, 2.24) is 4.98 Å². The first-order valence-electron chi connectivity index (χ1n) is 17.2. The zero-order valence-corrected chi connectivity index (χ0v) is 29.4. The molecule has 3 nitrogen and oxygen atoms in total. The lowest BCUT2D eigenvalue weighted by Gasteiger charge is -2.38. The highest BCUT2D eigenvalue weighted by atomic mass is 32.1. The summed E-state index contributed by atoms with van der Waals surface area (Å²) in [5.74, 6) is 0.866. The fourth-order valence-electron chi connectivity index (χ4n) is 8.53. The van der Waals surface area contributed by atoms with Crippen molar-refractivity contribution in [1.29, 1.82) is 0 Å². The Morgan fingerprint density at radius 2 is 1.18 bits per heavy atom. The van der Waals surface area contributed by atoms with Gasteiger partial charge in [-0.1, -0.05) is 113 Å². The summed E-state index contributed by atoms with van der Waals surface area (Å²) in [6, 6.07) is 46.1. The molecule has 0 saturated heterocycles. The molecule has 4 heteroatoms. The third-order valence-corrected chi connectivity index (χ3v) is 11.6. The van der Waals surface area contributed by atoms with Gasteiger partial charge in [0.2, 0.25) is 0 Å². The van der Waals surface area contributed by atoms with Crippen LogP contribution < -0.4 is 9.64 Å². The summed E-state index contributed by atoms with van der Waals surface area (Å²) in [6.07, 6.45) is 0. The maximum absolute atomic E-state index is 6.11. The Kier molecular flexibility index (Phi) is 6.66. The summed E-state index contributed by atoms with van der Waals surface area (Å²) in [7, 11) is 0. The van der Waals surface area contributed by atoms with Gasteiger partial charge in [-0.3, -0.25) is 0 Å². The zero-order valence-electron chi connectivity index (χ0n) is 28.5. The molecule has 240 valence electrons. The number of hydrogen-bond donors (Lipinski definition) is 0. The highest BCUT2D eigenvalue weighted by Gasteiger charge is 2.49. The predicted molar refractivity (Wildman–Crippen MR) is 206 cm³/mol. The van der Waals surface area contributed by atoms with Crippen molar-refractivity contribution in [2.75, 3.05) is 11.5 Å². The molecule has 0 aliphatic heterocycles. The maximum Gasteiger partial charge on any atom is 0.125 e. The number of para-hydroxylation sites is 2. The predicted octanol–water partition coefficient (Wildman–Crippen LogP) is 12.4. The van der Waals surface area contributed by atoms with Crippen LogP contribution in [0.15, 0.2) is 127 Å². The van der Waals surface area contributed by atoms with Gasteiger partial charge in [-0.2, -0.15) is 0 Å². The number of rotatable bonds is 6. The molecule has 49 heavy (non-hydrogen) atoms. The van der Waals surface area contributed by atoms with Crippen LogP contribution in [-0.2, 0) is 10.8 Å². The fourth-order valence-corrected chi connectivity index (χ4v) is 9.56. The van der Waals surface area contributed by atoms with E-state index in [-0.39, 0.29) is 10.8 Å². The molecule has 0 saturated carbocycles. The van der Waals surface area contributed by atoms with Crippen LogP contribution in [0.1, 0.15) is 56.9 Å². The summed E-state index contributed by atoms with van der Waals surface area (Å²) in [5, 5.41) is 1.07. The zero-order chi connectivity index (χ0) is 33.5. The van der Waals surface area contributed by atoms with Gasteiger partial charge in [0.15, 0.2) is 0 Å². The number of anilines is 3. The van der Waals surface area contributed by atoms with Crippen molar-refractivity contribution in [3.05, 3.63) is 150 Å². The Labute approximate surface area is 292 Å². The second-order valence-corrected chi connectivity index (χ2v) is 15.2. The van der Waals surface area contributed by atoms with Crippen LogP contribution in [0.4, 0.5) is 17.1 Å². The quantitative estimate of drug-likeness (QED) is 0.178. The lowest BCUT2D eigenvalue weighted by atomic mass is 9.74. The number of aromatic nitrogens is 1. The smallest absolute Gasteiger partial charge is 0.125 e. The Morgan fingerprint density at radius 3 is 1.82 bits per heavy atom. The van der Waals surface area contributed by atoms with Gasteiger partial charge >= 0.3 is 0 Å². The molecule has 0 atom stereocenters. The second kappa shape index (κ2) is 10.9. The monoisotopic (exact) mass is 654 g/mol. The minimum atomic E-state index is -0.295. The van der Waals surface area contributed by atoms with Crippen LogP contribution in [0.2, 0.25) is 0 Å². The van der Waals surface area contributed by atoms with Crippen LogP contribution in [0.5, 0.6) is 5.75 Å². The van der Waals surface area contributed by atoms with Crippen molar-refractivity contribution in [2.24, 2.45) is 0 Å². The van der Waals surface area contributed by atoms with E-state index < -0.39 is 0 Å². The molecule has 0 radical (unpaired) electrons. The minimum Gasteiger partial charge on any atom is -0.494 e. The average molecular weight is 655 g/mol. The highest BCUT2D eigenvalue weighted by molar-refractivity contribution is 7.21. The summed E-state index contributed by atoms with van der Waals surface area (Å²) >= 11 is 1.81. The van der Waals surface area contributed by atoms with Crippen LogP contribution in [0, 0.1) is 0 Å². The van der Waals surface area contributed by atoms with Crippen LogP contribution in [0.3, 0.4) is 0 Å². The largest absolute Gasteiger partial charge is 0.494 e. The first-order chi connectivity index (χ1) is 23.8. The Hall–Kier alpha value is -5.19. The van der Waals surface area contributed by atoms with Crippen molar-refractivity contribution < 1.29 is 4.74 Å². The maximum atomic E-state index is 6.11. The normalized spacial score (nSPS) is 14.6. The van der Waals surface area contributed by atoms with Crippen molar-refractivity contribution in [3.63, 3.8) is 0 Å². The molecule has 6 aromatic carbocycles. The number of benzene rings is 6. The molecule has 0 amide bonds. The van der Waals surface area contributed by atoms with E-state index in [9.17, 15) is 0 Å². The average Bonchev–Trinajstić information content (AvgIpc) is 3.73. The molecule has 0 bridgehead atoms. The number of fused-ring (bicyclic) bond motifs is 7. The number of nitrogens with zero attached hydrogens (tertiary/aromatic N) is 2. The molecule has 0 N–H and O–H groups in total. The van der Waals surface area contributed by atoms with E-state index in [1.165, 1.54) is 60.5 Å². The van der Waals surface area contributed by atoms with Gasteiger partial charge in [0.1, 0.15) is 10.8 Å². The van der Waals surface area contributed by atoms with Crippen molar-refractivity contribution >= 4 is 38.6 Å². The Bertz CT molecular complexity index is 2300. The second-order valence-electron chi connectivity index (χ2n) is 14.2. The summed E-state index contributed by atoms with van der Waals surface area (Å²) in [6.45, 7) is 12.3. The molecule has 9 rings (SSSR count). The van der Waals surface area contributed by atoms with E-state index >= 15 is 0 Å². The molecule has 0 unspecified atom stereocenters. The molecular weight excluding hydrogens is 617 g/mol. The van der Waals surface area contributed by atoms with Crippen LogP contribution in [-0.4, -0.2) is 11.6 Å². The Morgan fingerprint density at radius 1 is 0.612 bits per heavy atom. The highest BCUT2D eigenvalue weighted by Crippen LogP contribution is 2.66. The van der Waals surface area contributed by atoms with E-state index in [0.717, 1.165) is 27.6 Å². The molecule has 2 aliphatic carbocycles. The SMILES string of the molecule is CCOc1cccc(N(c2ccccc2)c2c3c(c(-c4nc5ccccc5s4)c4c2C(C)(C)c2ccccc2-4)-c2ccccc2C3(C)C)c1. The fraction of sp³-hybridized carbons (Fsp3) is 0.178. The van der Waals surface area contributed by atoms with Crippen LogP contribution in [0.25, 0.3) is 43.0 Å². The summed E-state index contributed by atoms with van der Waals surface area (Å²) in [4.78, 5) is 7.89. The third kappa shape index (κ3) is 4.30. The molecule has 0 fully saturated rings. The summed E-state index contributed by atoms with van der Waals surface area (Å²) in [5.41, 5.74) is 15.7. The Balaban J connectivity index is 1.51. The molecular formula is C45H38N2OS. The van der Waals surface area contributed by atoms with E-state index in [1.54, 1.807) is 11.3 Å². The minimum absolute atomic E-state index is 0.295. The summed E-state index contributed by atoms with van der Waals surface area (Å²) < 4.78 is 7.32. The van der Waals surface area contributed by atoms with Gasteiger partial charge < -0.3 is 9.64 Å². The van der Waals surface area contributed by atoms with Gasteiger partial charge in [0.05, 0.1) is 22.5 Å². The van der Waals surface area contributed by atoms with Crippen molar-refractivity contribution in [2.45, 2.75) is 45.4 Å². The standard InChI is InChI=1S/C45H38N2OS/c1-6-48-30-20-16-19-29(27-30)47(28-17-8-7-9-18-28)42-40-37(31-21-10-12-23-33(31)44(40,2)3)39(43-46-35-25-14-15-26-36(35)49-43)38-32-22-11-13-24-34(32)45(4,5)41(38)42/h7-27H,6H2,1-5H3. The van der Waals surface area contributed by atoms with Gasteiger partial charge in [0, 0.05) is 33.8 Å². The lowest BCUT2D eigenvalue weighted by Crippen LogP contribution is -2.26. The molecule has 7 aromatic rings. The van der Waals surface area contributed by atoms with Crippen molar-refractivity contribution in [3.8, 4) is 38.6 Å². The van der Waals surface area contributed by atoms with Gasteiger partial charge in [-0.15, -0.1) is 11.3 Å². The van der Waals surface area contributed by atoms with E-state index in [2.05, 4.69) is 160 Å². The van der Waals surface area contributed by atoms with Crippen LogP contribution >= 0.6 is 11.3 Å². The van der Waals surface area contributed by atoms with Gasteiger partial charge in [-0.05, 0) is 87.8 Å². The molecule has 2 aliphatic rings. The number of ether oxygens (including phenoxy) is 1. The number of hydrogen-bond acceptors (Lipinski definition) is 4. The first kappa shape index (κ1) is 29.9.